The molecule has 0 saturated carbocycles. The van der Waals surface area contributed by atoms with Crippen LogP contribution in [0.25, 0.3) is 0 Å². The Morgan fingerprint density at radius 2 is 2.00 bits per heavy atom. The number of hydrogen-bond acceptors (Lipinski definition) is 5. The van der Waals surface area contributed by atoms with Crippen molar-refractivity contribution in [2.45, 2.75) is 27.3 Å². The summed E-state index contributed by atoms with van der Waals surface area (Å²) < 4.78 is 7.28. The van der Waals surface area contributed by atoms with E-state index in [1.807, 2.05) is 32.9 Å². The van der Waals surface area contributed by atoms with Gasteiger partial charge in [-0.1, -0.05) is 17.7 Å². The number of nitrogens with one attached hydrogen (secondary N) is 1. The topological polar surface area (TPSA) is 99.3 Å². The van der Waals surface area contributed by atoms with E-state index in [4.69, 9.17) is 16.3 Å². The summed E-state index contributed by atoms with van der Waals surface area (Å²) in [5, 5.41) is 18.3. The molecule has 0 bridgehead atoms. The lowest BCUT2D eigenvalue weighted by Crippen LogP contribution is -2.19. The third-order valence-electron chi connectivity index (χ3n) is 4.29. The predicted molar refractivity (Wildman–Crippen MR) is 110 cm³/mol. The van der Waals surface area contributed by atoms with Crippen LogP contribution in [-0.4, -0.2) is 20.6 Å². The van der Waals surface area contributed by atoms with Gasteiger partial charge >= 0.3 is 0 Å². The van der Waals surface area contributed by atoms with Crippen molar-refractivity contribution in [2.75, 3.05) is 5.32 Å². The number of benzene rings is 2. The quantitative estimate of drug-likeness (QED) is 0.461. The maximum Gasteiger partial charge on any atom is 0.275 e. The Morgan fingerprint density at radius 1 is 1.24 bits per heavy atom. The molecule has 0 fully saturated rings. The van der Waals surface area contributed by atoms with Crippen LogP contribution in [0.15, 0.2) is 42.7 Å². The number of nitrogens with zero attached hydrogens (tertiary/aromatic N) is 3. The van der Waals surface area contributed by atoms with Crippen molar-refractivity contribution in [3.63, 3.8) is 0 Å². The van der Waals surface area contributed by atoms with Crippen LogP contribution < -0.4 is 10.1 Å². The number of carbonyl (C=O) groups excluding carboxylic acids is 1. The zero-order chi connectivity index (χ0) is 21.1. The number of non-ortho nitro benzene ring substituents is 1. The van der Waals surface area contributed by atoms with Gasteiger partial charge in [0.2, 0.25) is 5.91 Å². The van der Waals surface area contributed by atoms with E-state index in [2.05, 4.69) is 10.4 Å². The summed E-state index contributed by atoms with van der Waals surface area (Å²) >= 11 is 5.79. The fourth-order valence-electron chi connectivity index (χ4n) is 2.83. The molecule has 1 N–H and O–H groups in total. The minimum absolute atomic E-state index is 0.0816. The molecule has 3 aromatic rings. The Morgan fingerprint density at radius 3 is 2.66 bits per heavy atom. The second-order valence-corrected chi connectivity index (χ2v) is 7.12. The van der Waals surface area contributed by atoms with Crippen LogP contribution in [0.2, 0.25) is 5.02 Å². The van der Waals surface area contributed by atoms with Crippen LogP contribution in [0.3, 0.4) is 0 Å². The molecule has 0 aliphatic rings. The molecule has 0 unspecified atom stereocenters. The Bertz CT molecular complexity index is 1090. The summed E-state index contributed by atoms with van der Waals surface area (Å²) in [7, 11) is 0. The number of rotatable bonds is 6. The van der Waals surface area contributed by atoms with Crippen LogP contribution in [0.4, 0.5) is 11.4 Å². The van der Waals surface area contributed by atoms with E-state index in [0.717, 1.165) is 16.7 Å². The first-order valence-electron chi connectivity index (χ1n) is 8.74. The first-order chi connectivity index (χ1) is 13.7. The average Bonchev–Trinajstić information content (AvgIpc) is 3.03. The summed E-state index contributed by atoms with van der Waals surface area (Å²) in [6, 6.07) is 8.02. The third-order valence-corrected chi connectivity index (χ3v) is 4.48. The highest BCUT2D eigenvalue weighted by Gasteiger charge is 2.15. The molecular weight excluding hydrogens is 396 g/mol. The molecular formula is C20H19ClN4O4. The fourth-order valence-corrected chi connectivity index (χ4v) is 2.98. The van der Waals surface area contributed by atoms with E-state index < -0.39 is 10.8 Å². The Kier molecular flexibility index (Phi) is 5.84. The van der Waals surface area contributed by atoms with Gasteiger partial charge in [-0.05, 0) is 43.5 Å². The molecule has 1 heterocycles. The Hall–Kier alpha value is -3.39. The normalized spacial score (nSPS) is 10.6. The lowest BCUT2D eigenvalue weighted by molar-refractivity contribution is -0.384. The third kappa shape index (κ3) is 5.11. The number of aryl methyl sites for hydroxylation is 2. The summed E-state index contributed by atoms with van der Waals surface area (Å²) in [4.78, 5) is 23.0. The molecule has 29 heavy (non-hydrogen) atoms. The van der Waals surface area contributed by atoms with Gasteiger partial charge < -0.3 is 10.1 Å². The lowest BCUT2D eigenvalue weighted by atomic mass is 10.1. The maximum absolute atomic E-state index is 12.3. The zero-order valence-electron chi connectivity index (χ0n) is 16.1. The fraction of sp³-hybridized carbons (Fsp3) is 0.200. The van der Waals surface area contributed by atoms with Crippen molar-refractivity contribution < 1.29 is 14.5 Å². The highest BCUT2D eigenvalue weighted by molar-refractivity contribution is 6.30. The largest absolute Gasteiger partial charge is 0.457 e. The number of nitro groups is 1. The lowest BCUT2D eigenvalue weighted by Gasteiger charge is -2.13. The van der Waals surface area contributed by atoms with E-state index in [1.165, 1.54) is 35.3 Å². The van der Waals surface area contributed by atoms with Crippen LogP contribution in [0.5, 0.6) is 11.5 Å². The highest BCUT2D eigenvalue weighted by atomic mass is 35.5. The van der Waals surface area contributed by atoms with E-state index in [-0.39, 0.29) is 23.7 Å². The number of anilines is 1. The molecule has 2 aromatic carbocycles. The summed E-state index contributed by atoms with van der Waals surface area (Å²) in [6.07, 6.45) is 2.92. The zero-order valence-corrected chi connectivity index (χ0v) is 16.9. The molecule has 1 aromatic heterocycles. The number of amides is 1. The van der Waals surface area contributed by atoms with Crippen LogP contribution in [-0.2, 0) is 11.3 Å². The molecule has 1 amide bonds. The van der Waals surface area contributed by atoms with E-state index in [0.29, 0.717) is 10.8 Å². The van der Waals surface area contributed by atoms with Gasteiger partial charge in [0.15, 0.2) is 0 Å². The van der Waals surface area contributed by atoms with Gasteiger partial charge in [0.25, 0.3) is 5.69 Å². The van der Waals surface area contributed by atoms with Crippen molar-refractivity contribution >= 4 is 28.9 Å². The average molecular weight is 415 g/mol. The first-order valence-corrected chi connectivity index (χ1v) is 9.12. The van der Waals surface area contributed by atoms with Gasteiger partial charge in [0.1, 0.15) is 18.0 Å². The molecule has 150 valence electrons. The SMILES string of the molecule is Cc1cc(C)c(C)c(Oc2cc(NC(=O)Cn3cc(Cl)cn3)cc([N+](=O)[O-])c2)c1. The molecule has 0 saturated heterocycles. The van der Waals surface area contributed by atoms with E-state index >= 15 is 0 Å². The smallest absolute Gasteiger partial charge is 0.275 e. The van der Waals surface area contributed by atoms with Crippen molar-refractivity contribution in [3.8, 4) is 11.5 Å². The molecule has 0 aliphatic carbocycles. The Balaban J connectivity index is 1.86. The summed E-state index contributed by atoms with van der Waals surface area (Å²) in [6.45, 7) is 5.75. The van der Waals surface area contributed by atoms with Crippen LogP contribution in [0.1, 0.15) is 16.7 Å². The number of ether oxygens (including phenoxy) is 1. The molecule has 0 aliphatic heterocycles. The van der Waals surface area contributed by atoms with Gasteiger partial charge in [0, 0.05) is 18.3 Å². The number of hydrogen-bond donors (Lipinski definition) is 1. The standard InChI is InChI=1S/C20H19ClN4O4/c1-12-4-13(2)14(3)19(5-12)29-18-7-16(6-17(8-18)25(27)28)23-20(26)11-24-10-15(21)9-22-24/h4-10H,11H2,1-3H3,(H,23,26). The van der Waals surface area contributed by atoms with Gasteiger partial charge in [-0.25, -0.2) is 0 Å². The van der Waals surface area contributed by atoms with Gasteiger partial charge in [0.05, 0.1) is 27.9 Å². The first kappa shape index (κ1) is 20.3. The number of aromatic nitrogens is 2. The molecule has 9 heteroatoms. The minimum atomic E-state index is -0.538. The van der Waals surface area contributed by atoms with Crippen molar-refractivity contribution in [2.24, 2.45) is 0 Å². The Labute approximate surface area is 172 Å². The van der Waals surface area contributed by atoms with Crippen LogP contribution in [0, 0.1) is 30.9 Å². The van der Waals surface area contributed by atoms with Gasteiger partial charge in [-0.3, -0.25) is 19.6 Å². The highest BCUT2D eigenvalue weighted by Crippen LogP contribution is 2.32. The van der Waals surface area contributed by atoms with Crippen LogP contribution >= 0.6 is 11.6 Å². The number of halogens is 1. The van der Waals surface area contributed by atoms with Crippen molar-refractivity contribution in [3.05, 3.63) is 74.6 Å². The molecule has 0 spiro atoms. The van der Waals surface area contributed by atoms with Gasteiger partial charge in [-0.2, -0.15) is 5.10 Å². The molecule has 0 atom stereocenters. The van der Waals surface area contributed by atoms with E-state index in [9.17, 15) is 14.9 Å². The summed E-state index contributed by atoms with van der Waals surface area (Å²) in [5.74, 6) is 0.454. The minimum Gasteiger partial charge on any atom is -0.457 e. The van der Waals surface area contributed by atoms with Gasteiger partial charge in [-0.15, -0.1) is 0 Å². The molecule has 8 nitrogen and oxygen atoms in total. The second-order valence-electron chi connectivity index (χ2n) is 6.68. The predicted octanol–water partition coefficient (Wildman–Crippen LogP) is 4.80. The maximum atomic E-state index is 12.3. The molecule has 3 rings (SSSR count). The van der Waals surface area contributed by atoms with Crippen molar-refractivity contribution in [1.29, 1.82) is 0 Å². The van der Waals surface area contributed by atoms with Crippen molar-refractivity contribution in [1.82, 2.24) is 9.78 Å². The monoisotopic (exact) mass is 414 g/mol. The molecule has 0 radical (unpaired) electrons. The van der Waals surface area contributed by atoms with E-state index in [1.54, 1.807) is 0 Å². The number of carbonyl (C=O) groups is 1. The second kappa shape index (κ2) is 8.32. The summed E-state index contributed by atoms with van der Waals surface area (Å²) in [5.41, 5.74) is 3.06. The number of nitro benzene ring substituents is 1.